The van der Waals surface area contributed by atoms with Gasteiger partial charge in [-0.15, -0.1) is 0 Å². The summed E-state index contributed by atoms with van der Waals surface area (Å²) in [6, 6.07) is 2.89. The van der Waals surface area contributed by atoms with Gasteiger partial charge in [-0.25, -0.2) is 4.79 Å². The van der Waals surface area contributed by atoms with Gasteiger partial charge in [0, 0.05) is 25.0 Å². The normalized spacial score (nSPS) is 12.5. The number of amides is 2. The summed E-state index contributed by atoms with van der Waals surface area (Å²) in [4.78, 5) is 26.7. The van der Waals surface area contributed by atoms with E-state index in [0.29, 0.717) is 13.0 Å². The summed E-state index contributed by atoms with van der Waals surface area (Å²) in [6.45, 7) is 6.39. The number of aromatic nitrogens is 1. The van der Waals surface area contributed by atoms with Crippen LogP contribution < -0.4 is 10.6 Å². The van der Waals surface area contributed by atoms with E-state index in [-0.39, 0.29) is 17.9 Å². The Bertz CT molecular complexity index is 469. The zero-order chi connectivity index (χ0) is 15.9. The van der Waals surface area contributed by atoms with Crippen LogP contribution in [0.5, 0.6) is 0 Å². The van der Waals surface area contributed by atoms with Crippen molar-refractivity contribution >= 4 is 12.0 Å². The molecule has 3 N–H and O–H groups in total. The quantitative estimate of drug-likeness (QED) is 0.749. The number of urea groups is 1. The summed E-state index contributed by atoms with van der Waals surface area (Å²) in [5, 5.41) is 14.4. The smallest absolute Gasteiger partial charge is 0.315 e. The Balaban J connectivity index is 2.49. The molecule has 0 aliphatic heterocycles. The molecule has 0 aliphatic rings. The molecule has 116 valence electrons. The van der Waals surface area contributed by atoms with Gasteiger partial charge in [0.2, 0.25) is 0 Å². The van der Waals surface area contributed by atoms with E-state index in [1.165, 1.54) is 0 Å². The fraction of sp³-hybridized carbons (Fsp3) is 0.533. The predicted molar refractivity (Wildman–Crippen MR) is 79.7 cm³/mol. The second-order valence-corrected chi connectivity index (χ2v) is 6.25. The van der Waals surface area contributed by atoms with Crippen molar-refractivity contribution in [3.63, 3.8) is 0 Å². The van der Waals surface area contributed by atoms with E-state index in [9.17, 15) is 9.59 Å². The Labute approximate surface area is 125 Å². The van der Waals surface area contributed by atoms with E-state index in [2.05, 4.69) is 15.6 Å². The summed E-state index contributed by atoms with van der Waals surface area (Å²) in [5.74, 6) is -0.920. The zero-order valence-electron chi connectivity index (χ0n) is 12.7. The molecule has 1 aromatic rings. The number of nitrogens with one attached hydrogen (secondary N) is 2. The van der Waals surface area contributed by atoms with Crippen molar-refractivity contribution in [3.8, 4) is 0 Å². The average Bonchev–Trinajstić information content (AvgIpc) is 2.34. The second-order valence-electron chi connectivity index (χ2n) is 6.25. The molecule has 0 saturated carbocycles. The van der Waals surface area contributed by atoms with Gasteiger partial charge in [0.25, 0.3) is 0 Å². The Hall–Kier alpha value is -2.11. The first kappa shape index (κ1) is 16.9. The molecule has 0 radical (unpaired) electrons. The van der Waals surface area contributed by atoms with E-state index in [1.54, 1.807) is 18.5 Å². The van der Waals surface area contributed by atoms with Crippen LogP contribution in [-0.4, -0.2) is 28.1 Å². The Morgan fingerprint density at radius 1 is 1.38 bits per heavy atom. The summed E-state index contributed by atoms with van der Waals surface area (Å²) in [6.07, 6.45) is 3.84. The second kappa shape index (κ2) is 7.61. The Morgan fingerprint density at radius 3 is 2.62 bits per heavy atom. The fourth-order valence-corrected chi connectivity index (χ4v) is 2.05. The van der Waals surface area contributed by atoms with E-state index in [4.69, 9.17) is 5.11 Å². The number of hydrogen-bond donors (Lipinski definition) is 3. The van der Waals surface area contributed by atoms with Crippen molar-refractivity contribution in [2.75, 3.05) is 0 Å². The van der Waals surface area contributed by atoms with Gasteiger partial charge in [-0.05, 0) is 23.5 Å². The van der Waals surface area contributed by atoms with Gasteiger partial charge in [0.15, 0.2) is 0 Å². The molecule has 1 heterocycles. The van der Waals surface area contributed by atoms with Crippen LogP contribution in [0.2, 0.25) is 0 Å². The molecule has 21 heavy (non-hydrogen) atoms. The van der Waals surface area contributed by atoms with Crippen molar-refractivity contribution in [1.29, 1.82) is 0 Å². The maximum atomic E-state index is 11.9. The number of pyridine rings is 1. The molecule has 0 saturated heterocycles. The highest BCUT2D eigenvalue weighted by Crippen LogP contribution is 2.22. The molecular weight excluding hydrogens is 270 g/mol. The Kier molecular flexibility index (Phi) is 6.14. The van der Waals surface area contributed by atoms with Crippen LogP contribution >= 0.6 is 0 Å². The van der Waals surface area contributed by atoms with Crippen molar-refractivity contribution in [2.24, 2.45) is 5.41 Å². The standard InChI is InChI=1S/C15H23N3O3/c1-15(2,3)8-12(7-13(19)20)18-14(21)17-10-11-5-4-6-16-9-11/h4-6,9,12H,7-8,10H2,1-3H3,(H,19,20)(H2,17,18,21). The van der Waals surface area contributed by atoms with Crippen molar-refractivity contribution in [3.05, 3.63) is 30.1 Å². The lowest BCUT2D eigenvalue weighted by Gasteiger charge is -2.25. The topological polar surface area (TPSA) is 91.3 Å². The first-order chi connectivity index (χ1) is 9.76. The summed E-state index contributed by atoms with van der Waals surface area (Å²) < 4.78 is 0. The van der Waals surface area contributed by atoms with Crippen LogP contribution in [-0.2, 0) is 11.3 Å². The molecule has 0 fully saturated rings. The number of hydrogen-bond acceptors (Lipinski definition) is 3. The molecule has 0 bridgehead atoms. The van der Waals surface area contributed by atoms with Crippen LogP contribution in [0.25, 0.3) is 0 Å². The van der Waals surface area contributed by atoms with E-state index >= 15 is 0 Å². The zero-order valence-corrected chi connectivity index (χ0v) is 12.7. The van der Waals surface area contributed by atoms with Gasteiger partial charge in [0.05, 0.1) is 6.42 Å². The number of carboxylic acids is 1. The lowest BCUT2D eigenvalue weighted by Crippen LogP contribution is -2.44. The van der Waals surface area contributed by atoms with Crippen LogP contribution in [0.3, 0.4) is 0 Å². The number of nitrogens with zero attached hydrogens (tertiary/aromatic N) is 1. The van der Waals surface area contributed by atoms with Gasteiger partial charge in [0.1, 0.15) is 0 Å². The molecule has 1 rings (SSSR count). The average molecular weight is 293 g/mol. The van der Waals surface area contributed by atoms with Crippen molar-refractivity contribution in [2.45, 2.75) is 46.2 Å². The molecule has 1 atom stereocenters. The number of aliphatic carboxylic acids is 1. The maximum absolute atomic E-state index is 11.9. The van der Waals surface area contributed by atoms with Crippen LogP contribution in [0.4, 0.5) is 4.79 Å². The molecule has 1 aromatic heterocycles. The highest BCUT2D eigenvalue weighted by atomic mass is 16.4. The molecule has 0 aliphatic carbocycles. The van der Waals surface area contributed by atoms with Gasteiger partial charge in [-0.2, -0.15) is 0 Å². The highest BCUT2D eigenvalue weighted by Gasteiger charge is 2.22. The Morgan fingerprint density at radius 2 is 2.10 bits per heavy atom. The maximum Gasteiger partial charge on any atom is 0.315 e. The summed E-state index contributed by atoms with van der Waals surface area (Å²) in [7, 11) is 0. The molecule has 0 spiro atoms. The number of carbonyl (C=O) groups is 2. The lowest BCUT2D eigenvalue weighted by atomic mass is 9.87. The van der Waals surface area contributed by atoms with E-state index < -0.39 is 12.0 Å². The van der Waals surface area contributed by atoms with Crippen LogP contribution in [0.1, 0.15) is 39.2 Å². The van der Waals surface area contributed by atoms with Gasteiger partial charge < -0.3 is 15.7 Å². The highest BCUT2D eigenvalue weighted by molar-refractivity contribution is 5.75. The minimum Gasteiger partial charge on any atom is -0.481 e. The minimum atomic E-state index is -0.920. The molecule has 6 nitrogen and oxygen atoms in total. The monoisotopic (exact) mass is 293 g/mol. The molecule has 0 aromatic carbocycles. The molecule has 6 heteroatoms. The van der Waals surface area contributed by atoms with Gasteiger partial charge in [-0.3, -0.25) is 9.78 Å². The predicted octanol–water partition coefficient (Wildman–Crippen LogP) is 2.16. The van der Waals surface area contributed by atoms with Crippen LogP contribution in [0.15, 0.2) is 24.5 Å². The third kappa shape index (κ3) is 7.91. The number of rotatable bonds is 6. The van der Waals surface area contributed by atoms with Crippen LogP contribution in [0, 0.1) is 5.41 Å². The number of carbonyl (C=O) groups excluding carboxylic acids is 1. The lowest BCUT2D eigenvalue weighted by molar-refractivity contribution is -0.137. The first-order valence-corrected chi connectivity index (χ1v) is 6.91. The largest absolute Gasteiger partial charge is 0.481 e. The van der Waals surface area contributed by atoms with Gasteiger partial charge in [-0.1, -0.05) is 26.8 Å². The van der Waals surface area contributed by atoms with Crippen molar-refractivity contribution in [1.82, 2.24) is 15.6 Å². The number of carboxylic acid groups (broad SMARTS) is 1. The third-order valence-corrected chi connectivity index (χ3v) is 2.79. The first-order valence-electron chi connectivity index (χ1n) is 6.91. The molecule has 2 amide bonds. The third-order valence-electron chi connectivity index (χ3n) is 2.79. The fourth-order valence-electron chi connectivity index (χ4n) is 2.05. The minimum absolute atomic E-state index is 0.0588. The van der Waals surface area contributed by atoms with Gasteiger partial charge >= 0.3 is 12.0 Å². The molecule has 1 unspecified atom stereocenters. The van der Waals surface area contributed by atoms with E-state index in [1.807, 2.05) is 26.8 Å². The van der Waals surface area contributed by atoms with E-state index in [0.717, 1.165) is 5.56 Å². The summed E-state index contributed by atoms with van der Waals surface area (Å²) in [5.41, 5.74) is 0.828. The van der Waals surface area contributed by atoms with Crippen molar-refractivity contribution < 1.29 is 14.7 Å². The summed E-state index contributed by atoms with van der Waals surface area (Å²) >= 11 is 0. The SMILES string of the molecule is CC(C)(C)CC(CC(=O)O)NC(=O)NCc1cccnc1. The molecular formula is C15H23N3O3.